The van der Waals surface area contributed by atoms with E-state index < -0.39 is 0 Å². The number of benzene rings is 1. The number of amides is 1. The van der Waals surface area contributed by atoms with Crippen LogP contribution >= 0.6 is 0 Å². The van der Waals surface area contributed by atoms with Gasteiger partial charge in [0.1, 0.15) is 0 Å². The van der Waals surface area contributed by atoms with Gasteiger partial charge in [-0.2, -0.15) is 10.2 Å². The molecule has 3 heterocycles. The molecule has 6 nitrogen and oxygen atoms in total. The maximum absolute atomic E-state index is 13.0. The molecule has 1 aromatic carbocycles. The molecule has 0 bridgehead atoms. The average Bonchev–Trinajstić information content (AvgIpc) is 3.36. The third-order valence-electron chi connectivity index (χ3n) is 5.28. The van der Waals surface area contributed by atoms with Gasteiger partial charge in [0, 0.05) is 41.0 Å². The Morgan fingerprint density at radius 2 is 1.76 bits per heavy atom. The Labute approximate surface area is 145 Å². The topological polar surface area (TPSA) is 77.7 Å². The molecule has 1 aliphatic heterocycles. The molecule has 0 unspecified atom stereocenters. The lowest BCUT2D eigenvalue weighted by molar-refractivity contribution is 0.0727. The van der Waals surface area contributed by atoms with Crippen molar-refractivity contribution in [2.45, 2.75) is 32.2 Å². The summed E-state index contributed by atoms with van der Waals surface area (Å²) in [6.45, 7) is 1.28. The predicted molar refractivity (Wildman–Crippen MR) is 93.1 cm³/mol. The molecule has 1 amide bonds. The van der Waals surface area contributed by atoms with Crippen molar-refractivity contribution in [1.29, 1.82) is 0 Å². The molecular formula is C19H19N5O. The van der Waals surface area contributed by atoms with Crippen molar-refractivity contribution in [3.8, 4) is 11.3 Å². The van der Waals surface area contributed by atoms with Crippen molar-refractivity contribution in [1.82, 2.24) is 25.3 Å². The van der Waals surface area contributed by atoms with Crippen LogP contribution in [0.1, 0.15) is 39.4 Å². The van der Waals surface area contributed by atoms with Gasteiger partial charge in [-0.15, -0.1) is 0 Å². The quantitative estimate of drug-likeness (QED) is 0.756. The highest BCUT2D eigenvalue weighted by molar-refractivity contribution is 5.94. The second kappa shape index (κ2) is 5.58. The van der Waals surface area contributed by atoms with Gasteiger partial charge in [-0.1, -0.05) is 30.3 Å². The second-order valence-electron chi connectivity index (χ2n) is 6.75. The zero-order valence-electron chi connectivity index (χ0n) is 13.9. The van der Waals surface area contributed by atoms with Crippen LogP contribution in [0.25, 0.3) is 11.3 Å². The molecule has 0 atom stereocenters. The monoisotopic (exact) mass is 333 g/mol. The van der Waals surface area contributed by atoms with E-state index in [4.69, 9.17) is 0 Å². The molecule has 6 heteroatoms. The number of aryl methyl sites for hydroxylation is 1. The van der Waals surface area contributed by atoms with Gasteiger partial charge in [-0.05, 0) is 19.3 Å². The number of aromatic nitrogens is 4. The third kappa shape index (κ3) is 2.28. The van der Waals surface area contributed by atoms with E-state index in [1.54, 1.807) is 0 Å². The smallest absolute Gasteiger partial charge is 0.274 e. The van der Waals surface area contributed by atoms with Crippen molar-refractivity contribution >= 4 is 5.91 Å². The van der Waals surface area contributed by atoms with Crippen LogP contribution in [0, 0.1) is 0 Å². The molecular weight excluding hydrogens is 314 g/mol. The van der Waals surface area contributed by atoms with E-state index in [2.05, 4.69) is 32.5 Å². The lowest BCUT2D eigenvalue weighted by atomic mass is 10.0. The fraction of sp³-hybridized carbons (Fsp3) is 0.316. The number of aromatic amines is 2. The lowest BCUT2D eigenvalue weighted by Gasteiger charge is -2.26. The molecule has 25 heavy (non-hydrogen) atoms. The number of hydrogen-bond acceptors (Lipinski definition) is 3. The van der Waals surface area contributed by atoms with E-state index in [1.807, 2.05) is 23.1 Å². The Kier molecular flexibility index (Phi) is 3.23. The van der Waals surface area contributed by atoms with Gasteiger partial charge in [-0.3, -0.25) is 15.0 Å². The average molecular weight is 333 g/mol. The Hall–Kier alpha value is -2.89. The predicted octanol–water partition coefficient (Wildman–Crippen LogP) is 2.49. The summed E-state index contributed by atoms with van der Waals surface area (Å²) in [5, 5.41) is 15.0. The summed E-state index contributed by atoms with van der Waals surface area (Å²) in [7, 11) is 0. The zero-order chi connectivity index (χ0) is 16.8. The fourth-order valence-corrected chi connectivity index (χ4v) is 3.95. The van der Waals surface area contributed by atoms with Crippen LogP contribution in [0.5, 0.6) is 0 Å². The molecule has 2 aliphatic rings. The number of nitrogens with zero attached hydrogens (tertiary/aromatic N) is 3. The summed E-state index contributed by atoms with van der Waals surface area (Å²) in [6, 6.07) is 10.1. The van der Waals surface area contributed by atoms with Crippen molar-refractivity contribution in [2.24, 2.45) is 0 Å². The first-order valence-electron chi connectivity index (χ1n) is 8.78. The van der Waals surface area contributed by atoms with E-state index in [0.29, 0.717) is 18.8 Å². The summed E-state index contributed by atoms with van der Waals surface area (Å²) in [4.78, 5) is 14.9. The molecule has 5 rings (SSSR count). The fourth-order valence-electron chi connectivity index (χ4n) is 3.95. The first kappa shape index (κ1) is 14.5. The Morgan fingerprint density at radius 3 is 2.64 bits per heavy atom. The summed E-state index contributed by atoms with van der Waals surface area (Å²) < 4.78 is 0. The molecule has 0 radical (unpaired) electrons. The number of H-pyrrole nitrogens is 2. The van der Waals surface area contributed by atoms with Crippen LogP contribution in [-0.4, -0.2) is 37.7 Å². The van der Waals surface area contributed by atoms with Gasteiger partial charge >= 0.3 is 0 Å². The minimum Gasteiger partial charge on any atom is -0.332 e. The van der Waals surface area contributed by atoms with Crippen LogP contribution < -0.4 is 0 Å². The lowest BCUT2D eigenvalue weighted by Crippen LogP contribution is -2.36. The molecule has 0 saturated heterocycles. The zero-order valence-corrected chi connectivity index (χ0v) is 13.9. The van der Waals surface area contributed by atoms with Crippen molar-refractivity contribution < 1.29 is 4.79 Å². The summed E-state index contributed by atoms with van der Waals surface area (Å²) in [5.74, 6) is 0.0326. The highest BCUT2D eigenvalue weighted by Crippen LogP contribution is 2.30. The van der Waals surface area contributed by atoms with Crippen LogP contribution in [0.4, 0.5) is 0 Å². The van der Waals surface area contributed by atoms with E-state index in [-0.39, 0.29) is 5.91 Å². The van der Waals surface area contributed by atoms with Gasteiger partial charge in [0.05, 0.1) is 12.2 Å². The molecule has 3 aromatic rings. The summed E-state index contributed by atoms with van der Waals surface area (Å²) >= 11 is 0. The largest absolute Gasteiger partial charge is 0.332 e. The molecule has 0 spiro atoms. The Bertz CT molecular complexity index is 940. The van der Waals surface area contributed by atoms with Gasteiger partial charge in [-0.25, -0.2) is 0 Å². The highest BCUT2D eigenvalue weighted by atomic mass is 16.2. The van der Waals surface area contributed by atoms with Crippen molar-refractivity contribution in [3.05, 3.63) is 58.5 Å². The molecule has 0 fully saturated rings. The maximum Gasteiger partial charge on any atom is 0.274 e. The van der Waals surface area contributed by atoms with Gasteiger partial charge < -0.3 is 4.90 Å². The minimum atomic E-state index is 0.0326. The molecule has 0 saturated carbocycles. The standard InChI is InChI=1S/C19H19N5O/c25-19(18-13-7-4-8-15(13)20-23-18)24-10-9-16-14(11-24)17(22-21-16)12-5-2-1-3-6-12/h1-3,5-6H,4,7-11H2,(H,20,23)(H,21,22). The number of hydrogen-bond donors (Lipinski definition) is 2. The molecule has 2 aromatic heterocycles. The number of carbonyl (C=O) groups excluding carboxylic acids is 1. The summed E-state index contributed by atoms with van der Waals surface area (Å²) in [6.07, 6.45) is 3.86. The first-order valence-corrected chi connectivity index (χ1v) is 8.78. The van der Waals surface area contributed by atoms with Crippen LogP contribution in [0.3, 0.4) is 0 Å². The van der Waals surface area contributed by atoms with Crippen LogP contribution in [0.15, 0.2) is 30.3 Å². The molecule has 2 N–H and O–H groups in total. The maximum atomic E-state index is 13.0. The van der Waals surface area contributed by atoms with E-state index in [0.717, 1.165) is 59.5 Å². The van der Waals surface area contributed by atoms with Crippen LogP contribution in [0.2, 0.25) is 0 Å². The highest BCUT2D eigenvalue weighted by Gasteiger charge is 2.30. The molecule has 126 valence electrons. The first-order chi connectivity index (χ1) is 12.3. The third-order valence-corrected chi connectivity index (χ3v) is 5.28. The van der Waals surface area contributed by atoms with Gasteiger partial charge in [0.15, 0.2) is 5.69 Å². The SMILES string of the molecule is O=C(c1n[nH]c2c1CCC2)N1CCc2[nH]nc(-c3ccccc3)c2C1. The number of fused-ring (bicyclic) bond motifs is 2. The van der Waals surface area contributed by atoms with Crippen LogP contribution in [-0.2, 0) is 25.8 Å². The number of nitrogens with one attached hydrogen (secondary N) is 2. The minimum absolute atomic E-state index is 0.0326. The summed E-state index contributed by atoms with van der Waals surface area (Å²) in [5.41, 5.74) is 7.14. The number of rotatable bonds is 2. The normalized spacial score (nSPS) is 15.9. The Balaban J connectivity index is 1.46. The van der Waals surface area contributed by atoms with E-state index in [9.17, 15) is 4.79 Å². The Morgan fingerprint density at radius 1 is 0.960 bits per heavy atom. The van der Waals surface area contributed by atoms with Crippen molar-refractivity contribution in [3.63, 3.8) is 0 Å². The number of carbonyl (C=O) groups is 1. The van der Waals surface area contributed by atoms with E-state index >= 15 is 0 Å². The van der Waals surface area contributed by atoms with Gasteiger partial charge in [0.25, 0.3) is 5.91 Å². The van der Waals surface area contributed by atoms with Crippen molar-refractivity contribution in [2.75, 3.05) is 6.54 Å². The van der Waals surface area contributed by atoms with E-state index in [1.165, 1.54) is 0 Å². The molecule has 1 aliphatic carbocycles. The van der Waals surface area contributed by atoms with Gasteiger partial charge in [0.2, 0.25) is 0 Å². The second-order valence-corrected chi connectivity index (χ2v) is 6.75.